The summed E-state index contributed by atoms with van der Waals surface area (Å²) in [5, 5.41) is 0. The molecule has 1 aliphatic rings. The van der Waals surface area contributed by atoms with E-state index in [1.54, 1.807) is 0 Å². The lowest BCUT2D eigenvalue weighted by atomic mass is 9.98. The molecule has 0 heterocycles. The number of esters is 1. The number of aryl methyl sites for hydroxylation is 1. The minimum atomic E-state index is -0.117. The molecule has 0 saturated heterocycles. The number of methoxy groups -OCH3 is 1. The number of fused-ring (bicyclic) bond motifs is 1. The summed E-state index contributed by atoms with van der Waals surface area (Å²) in [6, 6.07) is 1.99. The predicted octanol–water partition coefficient (Wildman–Crippen LogP) is 1.77. The lowest BCUT2D eigenvalue weighted by Crippen LogP contribution is -2.16. The molecule has 0 bridgehead atoms. The van der Waals surface area contributed by atoms with Crippen LogP contribution in [0.5, 0.6) is 0 Å². The van der Waals surface area contributed by atoms with Gasteiger partial charge in [0.15, 0.2) is 0 Å². The molecule has 0 radical (unpaired) electrons. The van der Waals surface area contributed by atoms with E-state index in [0.29, 0.717) is 0 Å². The summed E-state index contributed by atoms with van der Waals surface area (Å²) in [6.07, 6.45) is 1.55. The van der Waals surface area contributed by atoms with E-state index in [9.17, 15) is 4.79 Å². The van der Waals surface area contributed by atoms with Crippen molar-refractivity contribution in [2.24, 2.45) is 5.92 Å². The molecule has 1 unspecified atom stereocenters. The normalized spacial score (nSPS) is 18.3. The monoisotopic (exact) mass is 219 g/mol. The van der Waals surface area contributed by atoms with Gasteiger partial charge in [0.2, 0.25) is 0 Å². The molecule has 0 amide bonds. The van der Waals surface area contributed by atoms with Gasteiger partial charge in [-0.25, -0.2) is 0 Å². The molecule has 16 heavy (non-hydrogen) atoms. The van der Waals surface area contributed by atoms with Gasteiger partial charge >= 0.3 is 5.97 Å². The Morgan fingerprint density at radius 3 is 2.62 bits per heavy atom. The molecule has 1 atom stereocenters. The fourth-order valence-corrected chi connectivity index (χ4v) is 2.53. The Morgan fingerprint density at radius 1 is 1.38 bits per heavy atom. The van der Waals surface area contributed by atoms with Crippen LogP contribution < -0.4 is 5.73 Å². The standard InChI is InChI=1S/C13H17NO2/c1-7-4-12(14)8(2)11-6-9(5-10(7)11)13(15)16-3/h4,9H,5-6,14H2,1-3H3. The summed E-state index contributed by atoms with van der Waals surface area (Å²) >= 11 is 0. The van der Waals surface area contributed by atoms with Crippen molar-refractivity contribution in [3.8, 4) is 0 Å². The maximum absolute atomic E-state index is 11.5. The van der Waals surface area contributed by atoms with Gasteiger partial charge in [-0.15, -0.1) is 0 Å². The van der Waals surface area contributed by atoms with Crippen LogP contribution in [0.4, 0.5) is 5.69 Å². The van der Waals surface area contributed by atoms with Crippen molar-refractivity contribution in [1.82, 2.24) is 0 Å². The lowest BCUT2D eigenvalue weighted by Gasteiger charge is -2.10. The zero-order valence-electron chi connectivity index (χ0n) is 9.96. The van der Waals surface area contributed by atoms with Crippen molar-refractivity contribution in [2.75, 3.05) is 12.8 Å². The zero-order valence-corrected chi connectivity index (χ0v) is 9.96. The third-order valence-electron chi connectivity index (χ3n) is 3.53. The first-order valence-corrected chi connectivity index (χ1v) is 5.49. The van der Waals surface area contributed by atoms with E-state index in [1.807, 2.05) is 19.9 Å². The van der Waals surface area contributed by atoms with Gasteiger partial charge in [-0.2, -0.15) is 0 Å². The third-order valence-corrected chi connectivity index (χ3v) is 3.53. The summed E-state index contributed by atoms with van der Waals surface area (Å²) in [4.78, 5) is 11.5. The topological polar surface area (TPSA) is 52.3 Å². The van der Waals surface area contributed by atoms with Gasteiger partial charge in [-0.1, -0.05) is 0 Å². The Balaban J connectivity index is 2.41. The highest BCUT2D eigenvalue weighted by atomic mass is 16.5. The van der Waals surface area contributed by atoms with Crippen LogP contribution in [-0.4, -0.2) is 13.1 Å². The number of nitrogen functional groups attached to an aromatic ring is 1. The van der Waals surface area contributed by atoms with E-state index in [-0.39, 0.29) is 11.9 Å². The number of hydrogen-bond donors (Lipinski definition) is 1. The van der Waals surface area contributed by atoms with E-state index < -0.39 is 0 Å². The van der Waals surface area contributed by atoms with Crippen LogP contribution in [-0.2, 0) is 22.4 Å². The average Bonchev–Trinajstić information content (AvgIpc) is 2.70. The number of rotatable bonds is 1. The highest BCUT2D eigenvalue weighted by molar-refractivity contribution is 5.75. The summed E-state index contributed by atoms with van der Waals surface area (Å²) in [5.41, 5.74) is 11.6. The number of ether oxygens (including phenoxy) is 1. The minimum absolute atomic E-state index is 0.0285. The third kappa shape index (κ3) is 1.56. The molecular formula is C13H17NO2. The lowest BCUT2D eigenvalue weighted by molar-refractivity contribution is -0.145. The van der Waals surface area contributed by atoms with Crippen LogP contribution in [0.2, 0.25) is 0 Å². The second kappa shape index (κ2) is 3.81. The molecule has 0 fully saturated rings. The SMILES string of the molecule is COC(=O)C1Cc2c(C)cc(N)c(C)c2C1. The molecule has 3 nitrogen and oxygen atoms in total. The van der Waals surface area contributed by atoms with Gasteiger partial charge in [0, 0.05) is 5.69 Å². The highest BCUT2D eigenvalue weighted by Gasteiger charge is 2.30. The van der Waals surface area contributed by atoms with Gasteiger partial charge < -0.3 is 10.5 Å². The van der Waals surface area contributed by atoms with Gasteiger partial charge in [-0.3, -0.25) is 4.79 Å². The molecule has 2 rings (SSSR count). The molecule has 0 aliphatic heterocycles. The zero-order chi connectivity index (χ0) is 11.9. The van der Waals surface area contributed by atoms with Crippen molar-refractivity contribution in [3.63, 3.8) is 0 Å². The smallest absolute Gasteiger partial charge is 0.309 e. The quantitative estimate of drug-likeness (QED) is 0.578. The Labute approximate surface area is 95.6 Å². The molecule has 1 aliphatic carbocycles. The number of benzene rings is 1. The van der Waals surface area contributed by atoms with Crippen molar-refractivity contribution in [3.05, 3.63) is 28.3 Å². The molecule has 1 aromatic rings. The second-order valence-electron chi connectivity index (χ2n) is 4.49. The maximum Gasteiger partial charge on any atom is 0.309 e. The maximum atomic E-state index is 11.5. The van der Waals surface area contributed by atoms with E-state index in [0.717, 1.165) is 24.1 Å². The number of carbonyl (C=O) groups is 1. The summed E-state index contributed by atoms with van der Waals surface area (Å²) in [5.74, 6) is -0.146. The van der Waals surface area contributed by atoms with E-state index >= 15 is 0 Å². The molecule has 3 heteroatoms. The molecule has 0 spiro atoms. The largest absolute Gasteiger partial charge is 0.469 e. The Kier molecular flexibility index (Phi) is 2.62. The number of carbonyl (C=O) groups excluding carboxylic acids is 1. The van der Waals surface area contributed by atoms with Gasteiger partial charge in [0.05, 0.1) is 13.0 Å². The van der Waals surface area contributed by atoms with Gasteiger partial charge in [0.1, 0.15) is 0 Å². The summed E-state index contributed by atoms with van der Waals surface area (Å²) in [7, 11) is 1.44. The number of hydrogen-bond acceptors (Lipinski definition) is 3. The number of nitrogens with two attached hydrogens (primary N) is 1. The summed E-state index contributed by atoms with van der Waals surface area (Å²) < 4.78 is 4.81. The van der Waals surface area contributed by atoms with Gasteiger partial charge in [0.25, 0.3) is 0 Å². The number of anilines is 1. The fourth-order valence-electron chi connectivity index (χ4n) is 2.53. The first kappa shape index (κ1) is 11.0. The molecular weight excluding hydrogens is 202 g/mol. The van der Waals surface area contributed by atoms with Crippen LogP contribution in [0.15, 0.2) is 6.07 Å². The van der Waals surface area contributed by atoms with Crippen LogP contribution in [0, 0.1) is 19.8 Å². The van der Waals surface area contributed by atoms with Crippen LogP contribution in [0.3, 0.4) is 0 Å². The van der Waals surface area contributed by atoms with E-state index in [4.69, 9.17) is 10.5 Å². The second-order valence-corrected chi connectivity index (χ2v) is 4.49. The van der Waals surface area contributed by atoms with Crippen molar-refractivity contribution in [1.29, 1.82) is 0 Å². The van der Waals surface area contributed by atoms with Crippen molar-refractivity contribution in [2.45, 2.75) is 26.7 Å². The Bertz CT molecular complexity index is 452. The molecule has 0 aromatic heterocycles. The van der Waals surface area contributed by atoms with Crippen LogP contribution in [0.25, 0.3) is 0 Å². The molecule has 86 valence electrons. The highest BCUT2D eigenvalue weighted by Crippen LogP contribution is 2.34. The Hall–Kier alpha value is -1.51. The molecule has 0 saturated carbocycles. The van der Waals surface area contributed by atoms with E-state index in [2.05, 4.69) is 0 Å². The first-order chi connectivity index (χ1) is 7.54. The minimum Gasteiger partial charge on any atom is -0.469 e. The average molecular weight is 219 g/mol. The Morgan fingerprint density at radius 2 is 2.00 bits per heavy atom. The van der Waals surface area contributed by atoms with E-state index in [1.165, 1.54) is 23.8 Å². The summed E-state index contributed by atoms with van der Waals surface area (Å²) in [6.45, 7) is 4.07. The fraction of sp³-hybridized carbons (Fsp3) is 0.462. The molecule has 2 N–H and O–H groups in total. The van der Waals surface area contributed by atoms with Crippen LogP contribution >= 0.6 is 0 Å². The molecule has 1 aromatic carbocycles. The van der Waals surface area contributed by atoms with Gasteiger partial charge in [-0.05, 0) is 55.0 Å². The first-order valence-electron chi connectivity index (χ1n) is 5.49. The van der Waals surface area contributed by atoms with Crippen LogP contribution in [0.1, 0.15) is 22.3 Å². The van der Waals surface area contributed by atoms with Crippen molar-refractivity contribution >= 4 is 11.7 Å². The van der Waals surface area contributed by atoms with Crippen molar-refractivity contribution < 1.29 is 9.53 Å². The predicted molar refractivity (Wildman–Crippen MR) is 63.2 cm³/mol.